The van der Waals surface area contributed by atoms with Gasteiger partial charge in [0, 0.05) is 5.56 Å². The zero-order valence-electron chi connectivity index (χ0n) is 13.5. The Morgan fingerprint density at radius 1 is 1.13 bits per heavy atom. The van der Waals surface area contributed by atoms with E-state index in [0.717, 1.165) is 16.9 Å². The minimum Gasteiger partial charge on any atom is -0.493 e. The summed E-state index contributed by atoms with van der Waals surface area (Å²) in [7, 11) is 0. The predicted molar refractivity (Wildman–Crippen MR) is 92.7 cm³/mol. The predicted octanol–water partition coefficient (Wildman–Crippen LogP) is 3.41. The Morgan fingerprint density at radius 2 is 1.83 bits per heavy atom. The van der Waals surface area contributed by atoms with Crippen LogP contribution in [0, 0.1) is 5.92 Å². The molecule has 4 heteroatoms. The molecule has 120 valence electrons. The van der Waals surface area contributed by atoms with Crippen LogP contribution < -0.4 is 10.2 Å². The van der Waals surface area contributed by atoms with E-state index in [2.05, 4.69) is 24.4 Å². The first-order valence-corrected chi connectivity index (χ1v) is 7.73. The Balaban J connectivity index is 1.91. The molecule has 4 nitrogen and oxygen atoms in total. The molecule has 0 aliphatic rings. The number of benzene rings is 2. The third-order valence-electron chi connectivity index (χ3n) is 3.09. The lowest BCUT2D eigenvalue weighted by molar-refractivity contribution is -0.120. The van der Waals surface area contributed by atoms with Crippen molar-refractivity contribution >= 4 is 12.1 Å². The van der Waals surface area contributed by atoms with Gasteiger partial charge in [-0.15, -0.1) is 0 Å². The molecule has 0 spiro atoms. The van der Waals surface area contributed by atoms with Gasteiger partial charge in [0.25, 0.3) is 0 Å². The lowest BCUT2D eigenvalue weighted by atomic mass is 10.1. The summed E-state index contributed by atoms with van der Waals surface area (Å²) in [4.78, 5) is 11.8. The third kappa shape index (κ3) is 5.94. The molecule has 2 aromatic carbocycles. The highest BCUT2D eigenvalue weighted by molar-refractivity contribution is 5.85. The highest BCUT2D eigenvalue weighted by Gasteiger charge is 2.03. The van der Waals surface area contributed by atoms with Crippen molar-refractivity contribution in [2.24, 2.45) is 11.0 Å². The van der Waals surface area contributed by atoms with E-state index in [-0.39, 0.29) is 5.91 Å². The average Bonchev–Trinajstić information content (AvgIpc) is 2.55. The first-order valence-electron chi connectivity index (χ1n) is 7.73. The van der Waals surface area contributed by atoms with E-state index >= 15 is 0 Å². The highest BCUT2D eigenvalue weighted by Crippen LogP contribution is 2.16. The quantitative estimate of drug-likeness (QED) is 0.629. The van der Waals surface area contributed by atoms with Crippen molar-refractivity contribution in [1.82, 2.24) is 5.43 Å². The molecule has 0 saturated heterocycles. The van der Waals surface area contributed by atoms with E-state index in [1.54, 1.807) is 6.21 Å². The number of ether oxygens (including phenoxy) is 1. The van der Waals surface area contributed by atoms with Crippen LogP contribution in [0.5, 0.6) is 5.75 Å². The number of hydrogen-bond acceptors (Lipinski definition) is 3. The van der Waals surface area contributed by atoms with Crippen molar-refractivity contribution in [2.45, 2.75) is 20.3 Å². The third-order valence-corrected chi connectivity index (χ3v) is 3.09. The lowest BCUT2D eigenvalue weighted by Crippen LogP contribution is -2.19. The number of amides is 1. The first kappa shape index (κ1) is 16.7. The molecule has 2 aromatic rings. The molecule has 0 saturated carbocycles. The number of rotatable bonds is 7. The molecular weight excluding hydrogens is 288 g/mol. The van der Waals surface area contributed by atoms with Gasteiger partial charge in [-0.05, 0) is 23.6 Å². The summed E-state index contributed by atoms with van der Waals surface area (Å²) >= 11 is 0. The fourth-order valence-electron chi connectivity index (χ4n) is 1.97. The van der Waals surface area contributed by atoms with E-state index < -0.39 is 0 Å². The molecule has 0 heterocycles. The topological polar surface area (TPSA) is 50.7 Å². The van der Waals surface area contributed by atoms with Gasteiger partial charge in [0.05, 0.1) is 19.2 Å². The van der Waals surface area contributed by atoms with Crippen LogP contribution in [0.15, 0.2) is 59.7 Å². The molecule has 0 aromatic heterocycles. The van der Waals surface area contributed by atoms with Crippen LogP contribution in [0.2, 0.25) is 0 Å². The average molecular weight is 310 g/mol. The smallest absolute Gasteiger partial charge is 0.244 e. The van der Waals surface area contributed by atoms with E-state index in [1.807, 2.05) is 54.6 Å². The van der Waals surface area contributed by atoms with Crippen LogP contribution in [0.1, 0.15) is 25.0 Å². The number of para-hydroxylation sites is 1. The Hall–Kier alpha value is -2.62. The number of hydrogen-bond donors (Lipinski definition) is 1. The Morgan fingerprint density at radius 3 is 2.57 bits per heavy atom. The van der Waals surface area contributed by atoms with Gasteiger partial charge in [-0.25, -0.2) is 5.43 Å². The number of nitrogens with one attached hydrogen (secondary N) is 1. The van der Waals surface area contributed by atoms with Crippen LogP contribution in [-0.4, -0.2) is 18.7 Å². The Kier molecular flexibility index (Phi) is 6.36. The van der Waals surface area contributed by atoms with E-state index in [0.29, 0.717) is 18.9 Å². The molecular formula is C19H22N2O2. The standard InChI is InChI=1S/C19H22N2O2/c1-15(2)14-23-18-11-7-6-10-17(18)13-20-21-19(22)12-16-8-4-3-5-9-16/h3-11,13,15H,12,14H2,1-2H3,(H,21,22)/b20-13-. The summed E-state index contributed by atoms with van der Waals surface area (Å²) in [6.45, 7) is 4.84. The van der Waals surface area contributed by atoms with Gasteiger partial charge in [-0.2, -0.15) is 5.10 Å². The fourth-order valence-corrected chi connectivity index (χ4v) is 1.97. The Labute approximate surface area is 137 Å². The van der Waals surface area contributed by atoms with E-state index in [9.17, 15) is 4.79 Å². The summed E-state index contributed by atoms with van der Waals surface area (Å²) in [5.41, 5.74) is 4.35. The van der Waals surface area contributed by atoms with Crippen molar-refractivity contribution in [2.75, 3.05) is 6.61 Å². The molecule has 0 aliphatic heterocycles. The second-order valence-corrected chi connectivity index (χ2v) is 5.70. The maximum atomic E-state index is 11.8. The molecule has 0 aliphatic carbocycles. The highest BCUT2D eigenvalue weighted by atomic mass is 16.5. The maximum Gasteiger partial charge on any atom is 0.244 e. The van der Waals surface area contributed by atoms with Crippen LogP contribution in [0.3, 0.4) is 0 Å². The monoisotopic (exact) mass is 310 g/mol. The van der Waals surface area contributed by atoms with Crippen LogP contribution in [-0.2, 0) is 11.2 Å². The molecule has 0 bridgehead atoms. The van der Waals surface area contributed by atoms with Gasteiger partial charge in [-0.1, -0.05) is 56.3 Å². The molecule has 1 N–H and O–H groups in total. The number of nitrogens with zero attached hydrogens (tertiary/aromatic N) is 1. The minimum absolute atomic E-state index is 0.145. The largest absolute Gasteiger partial charge is 0.493 e. The molecule has 23 heavy (non-hydrogen) atoms. The van der Waals surface area contributed by atoms with Gasteiger partial charge in [0.15, 0.2) is 0 Å². The van der Waals surface area contributed by atoms with Gasteiger partial charge >= 0.3 is 0 Å². The zero-order valence-corrected chi connectivity index (χ0v) is 13.5. The molecule has 0 radical (unpaired) electrons. The van der Waals surface area contributed by atoms with Crippen LogP contribution in [0.25, 0.3) is 0 Å². The van der Waals surface area contributed by atoms with Gasteiger partial charge in [0.1, 0.15) is 5.75 Å². The van der Waals surface area contributed by atoms with Crippen molar-refractivity contribution < 1.29 is 9.53 Å². The van der Waals surface area contributed by atoms with Crippen LogP contribution in [0.4, 0.5) is 0 Å². The van der Waals surface area contributed by atoms with Crippen LogP contribution >= 0.6 is 0 Å². The molecule has 1 amide bonds. The second kappa shape index (κ2) is 8.73. The SMILES string of the molecule is CC(C)COc1ccccc1/C=N\NC(=O)Cc1ccccc1. The zero-order chi connectivity index (χ0) is 16.5. The summed E-state index contributed by atoms with van der Waals surface area (Å²) < 4.78 is 5.75. The molecule has 0 fully saturated rings. The summed E-state index contributed by atoms with van der Waals surface area (Å²) in [5.74, 6) is 1.07. The Bertz CT molecular complexity index is 651. The summed E-state index contributed by atoms with van der Waals surface area (Å²) in [6.07, 6.45) is 1.92. The summed E-state index contributed by atoms with van der Waals surface area (Å²) in [6, 6.07) is 17.2. The molecule has 2 rings (SSSR count). The lowest BCUT2D eigenvalue weighted by Gasteiger charge is -2.10. The minimum atomic E-state index is -0.145. The molecule has 0 atom stereocenters. The first-order chi connectivity index (χ1) is 11.1. The fraction of sp³-hybridized carbons (Fsp3) is 0.263. The normalized spacial score (nSPS) is 10.9. The van der Waals surface area contributed by atoms with E-state index in [1.165, 1.54) is 0 Å². The van der Waals surface area contributed by atoms with E-state index in [4.69, 9.17) is 4.74 Å². The second-order valence-electron chi connectivity index (χ2n) is 5.70. The van der Waals surface area contributed by atoms with Gasteiger partial charge in [0.2, 0.25) is 5.91 Å². The van der Waals surface area contributed by atoms with Crippen molar-refractivity contribution in [1.29, 1.82) is 0 Å². The maximum absolute atomic E-state index is 11.8. The van der Waals surface area contributed by atoms with Crippen molar-refractivity contribution in [3.8, 4) is 5.75 Å². The number of carbonyl (C=O) groups excluding carboxylic acids is 1. The number of hydrazone groups is 1. The summed E-state index contributed by atoms with van der Waals surface area (Å²) in [5, 5.41) is 4.02. The molecule has 0 unspecified atom stereocenters. The van der Waals surface area contributed by atoms with Gasteiger partial charge < -0.3 is 4.74 Å². The van der Waals surface area contributed by atoms with Crippen molar-refractivity contribution in [3.63, 3.8) is 0 Å². The van der Waals surface area contributed by atoms with Crippen molar-refractivity contribution in [3.05, 3.63) is 65.7 Å². The van der Waals surface area contributed by atoms with Gasteiger partial charge in [-0.3, -0.25) is 4.79 Å². The number of carbonyl (C=O) groups is 1.